The fraction of sp³-hybridized carbons (Fsp3) is 0.750. The lowest BCUT2D eigenvalue weighted by Gasteiger charge is -2.03. The summed E-state index contributed by atoms with van der Waals surface area (Å²) in [7, 11) is 1.79. The molecule has 0 atom stereocenters. The summed E-state index contributed by atoms with van der Waals surface area (Å²) in [5.74, 6) is 0. The number of rotatable bonds is 12. The van der Waals surface area contributed by atoms with Gasteiger partial charge >= 0.3 is 0 Å². The van der Waals surface area contributed by atoms with E-state index < -0.39 is 0 Å². The van der Waals surface area contributed by atoms with Crippen LogP contribution >= 0.6 is 0 Å². The summed E-state index contributed by atoms with van der Waals surface area (Å²) in [6.07, 6.45) is 16.6. The Morgan fingerprint density at radius 3 is 1.78 bits per heavy atom. The SMILES string of the molecule is COCCCCCCCCCCCn1cccc1. The molecule has 2 nitrogen and oxygen atoms in total. The molecule has 0 fully saturated rings. The zero-order valence-electron chi connectivity index (χ0n) is 11.9. The van der Waals surface area contributed by atoms with Gasteiger partial charge in [0.05, 0.1) is 0 Å². The Morgan fingerprint density at radius 1 is 0.722 bits per heavy atom. The Bertz CT molecular complexity index is 256. The molecule has 18 heavy (non-hydrogen) atoms. The summed E-state index contributed by atoms with van der Waals surface area (Å²) in [4.78, 5) is 0. The number of ether oxygens (including phenoxy) is 1. The molecule has 0 spiro atoms. The molecule has 1 heterocycles. The molecule has 0 aromatic carbocycles. The van der Waals surface area contributed by atoms with Gasteiger partial charge in [-0.05, 0) is 25.0 Å². The molecule has 0 aliphatic rings. The largest absolute Gasteiger partial charge is 0.385 e. The summed E-state index contributed by atoms with van der Waals surface area (Å²) in [5.41, 5.74) is 0. The highest BCUT2D eigenvalue weighted by molar-refractivity contribution is 4.89. The highest BCUT2D eigenvalue weighted by Crippen LogP contribution is 2.10. The molecule has 0 bridgehead atoms. The molecule has 0 aliphatic heterocycles. The molecular weight excluding hydrogens is 222 g/mol. The van der Waals surface area contributed by atoms with Gasteiger partial charge in [-0.15, -0.1) is 0 Å². The Hall–Kier alpha value is -0.760. The molecular formula is C16H29NO. The van der Waals surface area contributed by atoms with Crippen LogP contribution in [0.5, 0.6) is 0 Å². The van der Waals surface area contributed by atoms with Crippen LogP contribution in [0.25, 0.3) is 0 Å². The second-order valence-corrected chi connectivity index (χ2v) is 5.10. The maximum Gasteiger partial charge on any atom is 0.0462 e. The van der Waals surface area contributed by atoms with Gasteiger partial charge in [0.2, 0.25) is 0 Å². The lowest BCUT2D eigenvalue weighted by Crippen LogP contribution is -1.93. The number of nitrogens with zero attached hydrogens (tertiary/aromatic N) is 1. The van der Waals surface area contributed by atoms with E-state index in [0.717, 1.165) is 6.61 Å². The van der Waals surface area contributed by atoms with E-state index in [1.165, 1.54) is 64.3 Å². The monoisotopic (exact) mass is 251 g/mol. The molecule has 0 radical (unpaired) electrons. The van der Waals surface area contributed by atoms with Crippen molar-refractivity contribution < 1.29 is 4.74 Å². The van der Waals surface area contributed by atoms with Gasteiger partial charge in [0.1, 0.15) is 0 Å². The summed E-state index contributed by atoms with van der Waals surface area (Å²) in [5, 5.41) is 0. The van der Waals surface area contributed by atoms with Crippen molar-refractivity contribution in [2.45, 2.75) is 64.3 Å². The molecule has 0 N–H and O–H groups in total. The normalized spacial score (nSPS) is 10.9. The third-order valence-electron chi connectivity index (χ3n) is 3.43. The predicted octanol–water partition coefficient (Wildman–Crippen LogP) is 4.65. The van der Waals surface area contributed by atoms with E-state index in [2.05, 4.69) is 29.1 Å². The molecule has 0 amide bonds. The first-order chi connectivity index (χ1) is 8.93. The first kappa shape index (κ1) is 15.3. The lowest BCUT2D eigenvalue weighted by atomic mass is 10.1. The van der Waals surface area contributed by atoms with E-state index >= 15 is 0 Å². The van der Waals surface area contributed by atoms with Crippen LogP contribution < -0.4 is 0 Å². The van der Waals surface area contributed by atoms with Crippen molar-refractivity contribution in [3.63, 3.8) is 0 Å². The fourth-order valence-corrected chi connectivity index (χ4v) is 2.30. The molecule has 1 rings (SSSR count). The minimum absolute atomic E-state index is 0.930. The maximum atomic E-state index is 5.04. The second-order valence-electron chi connectivity index (χ2n) is 5.10. The average Bonchev–Trinajstić information content (AvgIpc) is 2.89. The highest BCUT2D eigenvalue weighted by Gasteiger charge is 1.93. The lowest BCUT2D eigenvalue weighted by molar-refractivity contribution is 0.192. The number of methoxy groups -OCH3 is 1. The van der Waals surface area contributed by atoms with Crippen LogP contribution in [-0.2, 0) is 11.3 Å². The zero-order chi connectivity index (χ0) is 12.9. The van der Waals surface area contributed by atoms with Crippen molar-refractivity contribution >= 4 is 0 Å². The maximum absolute atomic E-state index is 5.04. The molecule has 1 aromatic rings. The van der Waals surface area contributed by atoms with Crippen molar-refractivity contribution in [1.82, 2.24) is 4.57 Å². The molecule has 1 aromatic heterocycles. The summed E-state index contributed by atoms with van der Waals surface area (Å²) >= 11 is 0. The van der Waals surface area contributed by atoms with Gasteiger partial charge in [0.15, 0.2) is 0 Å². The smallest absolute Gasteiger partial charge is 0.0462 e. The van der Waals surface area contributed by atoms with Crippen LogP contribution in [0.2, 0.25) is 0 Å². The van der Waals surface area contributed by atoms with Crippen molar-refractivity contribution in [3.8, 4) is 0 Å². The van der Waals surface area contributed by atoms with E-state index in [9.17, 15) is 0 Å². The second kappa shape index (κ2) is 11.3. The molecule has 0 saturated carbocycles. The first-order valence-corrected chi connectivity index (χ1v) is 7.53. The first-order valence-electron chi connectivity index (χ1n) is 7.53. The number of aryl methyl sites for hydroxylation is 1. The summed E-state index contributed by atoms with van der Waals surface area (Å²) in [6, 6.07) is 4.20. The van der Waals surface area contributed by atoms with Crippen LogP contribution in [0.15, 0.2) is 24.5 Å². The van der Waals surface area contributed by atoms with E-state index in [1.807, 2.05) is 0 Å². The quantitative estimate of drug-likeness (QED) is 0.493. The fourth-order valence-electron chi connectivity index (χ4n) is 2.30. The number of unbranched alkanes of at least 4 members (excludes halogenated alkanes) is 8. The van der Waals surface area contributed by atoms with Crippen LogP contribution in [0.1, 0.15) is 57.8 Å². The third-order valence-corrected chi connectivity index (χ3v) is 3.43. The molecule has 0 unspecified atom stereocenters. The molecule has 0 saturated heterocycles. The van der Waals surface area contributed by atoms with Gasteiger partial charge in [-0.2, -0.15) is 0 Å². The Balaban J connectivity index is 1.73. The van der Waals surface area contributed by atoms with Crippen molar-refractivity contribution in [1.29, 1.82) is 0 Å². The Labute approximate surface area is 112 Å². The highest BCUT2D eigenvalue weighted by atomic mass is 16.5. The minimum atomic E-state index is 0.930. The average molecular weight is 251 g/mol. The van der Waals surface area contributed by atoms with Crippen LogP contribution in [0, 0.1) is 0 Å². The predicted molar refractivity (Wildman–Crippen MR) is 77.9 cm³/mol. The standard InChI is InChI=1S/C16H29NO/c1-18-16-12-8-6-4-2-3-5-7-9-13-17-14-10-11-15-17/h10-11,14-15H,2-9,12-13,16H2,1H3. The number of hydrogen-bond acceptors (Lipinski definition) is 1. The van der Waals surface area contributed by atoms with Gasteiger partial charge < -0.3 is 9.30 Å². The third kappa shape index (κ3) is 8.35. The van der Waals surface area contributed by atoms with Crippen LogP contribution in [-0.4, -0.2) is 18.3 Å². The topological polar surface area (TPSA) is 14.2 Å². The van der Waals surface area contributed by atoms with Gasteiger partial charge in [0.25, 0.3) is 0 Å². The Morgan fingerprint density at radius 2 is 1.22 bits per heavy atom. The van der Waals surface area contributed by atoms with E-state index in [1.54, 1.807) is 7.11 Å². The van der Waals surface area contributed by atoms with Crippen LogP contribution in [0.3, 0.4) is 0 Å². The van der Waals surface area contributed by atoms with Crippen LogP contribution in [0.4, 0.5) is 0 Å². The van der Waals surface area contributed by atoms with Crippen molar-refractivity contribution in [2.24, 2.45) is 0 Å². The van der Waals surface area contributed by atoms with E-state index in [4.69, 9.17) is 4.74 Å². The van der Waals surface area contributed by atoms with Gasteiger partial charge in [0, 0.05) is 32.7 Å². The Kier molecular flexibility index (Phi) is 9.64. The number of hydrogen-bond donors (Lipinski definition) is 0. The van der Waals surface area contributed by atoms with E-state index in [-0.39, 0.29) is 0 Å². The van der Waals surface area contributed by atoms with Gasteiger partial charge in [-0.25, -0.2) is 0 Å². The zero-order valence-corrected chi connectivity index (χ0v) is 11.9. The van der Waals surface area contributed by atoms with Gasteiger partial charge in [-0.3, -0.25) is 0 Å². The van der Waals surface area contributed by atoms with Crippen molar-refractivity contribution in [3.05, 3.63) is 24.5 Å². The van der Waals surface area contributed by atoms with E-state index in [0.29, 0.717) is 0 Å². The summed E-state index contributed by atoms with van der Waals surface area (Å²) in [6.45, 7) is 2.11. The van der Waals surface area contributed by atoms with Crippen molar-refractivity contribution in [2.75, 3.05) is 13.7 Å². The molecule has 2 heteroatoms. The molecule has 0 aliphatic carbocycles. The molecule has 104 valence electrons. The number of aromatic nitrogens is 1. The van der Waals surface area contributed by atoms with Gasteiger partial charge in [-0.1, -0.05) is 44.9 Å². The summed E-state index contributed by atoms with van der Waals surface area (Å²) < 4.78 is 7.32. The minimum Gasteiger partial charge on any atom is -0.385 e.